The van der Waals surface area contributed by atoms with Gasteiger partial charge in [-0.3, -0.25) is 0 Å². The first-order chi connectivity index (χ1) is 9.96. The summed E-state index contributed by atoms with van der Waals surface area (Å²) in [6, 6.07) is 3.04. The topological polar surface area (TPSA) is 75.3 Å². The number of nitrogens with one attached hydrogen (secondary N) is 1. The Kier molecular flexibility index (Phi) is 5.45. The smallest absolute Gasteiger partial charge is 0.405 e. The van der Waals surface area contributed by atoms with Crippen molar-refractivity contribution in [3.8, 4) is 0 Å². The Balaban J connectivity index is 2.96. The molecule has 7 heteroatoms. The lowest BCUT2D eigenvalue weighted by Gasteiger charge is -2.27. The third-order valence-corrected chi connectivity index (χ3v) is 3.42. The van der Waals surface area contributed by atoms with E-state index in [-0.39, 0.29) is 12.0 Å². The van der Waals surface area contributed by atoms with Crippen molar-refractivity contribution >= 4 is 6.09 Å². The summed E-state index contributed by atoms with van der Waals surface area (Å²) in [6.45, 7) is 4.50. The molecule has 0 spiro atoms. The van der Waals surface area contributed by atoms with Crippen LogP contribution in [0.1, 0.15) is 50.8 Å². The van der Waals surface area contributed by atoms with Gasteiger partial charge in [0.2, 0.25) is 0 Å². The fraction of sp³-hybridized carbons (Fsp3) is 0.533. The lowest BCUT2D eigenvalue weighted by atomic mass is 9.92. The van der Waals surface area contributed by atoms with Crippen LogP contribution in [0.5, 0.6) is 0 Å². The number of benzene rings is 1. The first-order valence-corrected chi connectivity index (χ1v) is 6.90. The number of nitrogens with two attached hydrogens (primary N) is 1. The molecule has 0 saturated carbocycles. The fourth-order valence-corrected chi connectivity index (χ4v) is 2.14. The minimum atomic E-state index is -3.41. The van der Waals surface area contributed by atoms with E-state index in [0.717, 1.165) is 6.07 Å². The van der Waals surface area contributed by atoms with Gasteiger partial charge in [-0.15, -0.1) is 0 Å². The summed E-state index contributed by atoms with van der Waals surface area (Å²) in [4.78, 5) is 10.6. The molecular formula is C15H21F3N2O2. The molecule has 0 radical (unpaired) electrons. The highest BCUT2D eigenvalue weighted by atomic mass is 19.3. The minimum absolute atomic E-state index is 0.0279. The highest BCUT2D eigenvalue weighted by Gasteiger charge is 2.37. The molecule has 124 valence electrons. The Morgan fingerprint density at radius 3 is 2.45 bits per heavy atom. The zero-order valence-corrected chi connectivity index (χ0v) is 12.8. The van der Waals surface area contributed by atoms with Gasteiger partial charge < -0.3 is 16.2 Å². The van der Waals surface area contributed by atoms with E-state index in [0.29, 0.717) is 0 Å². The largest absolute Gasteiger partial charge is 0.465 e. The maximum absolute atomic E-state index is 14.3. The highest BCUT2D eigenvalue weighted by molar-refractivity contribution is 5.65. The second-order valence-electron chi connectivity index (χ2n) is 6.02. The molecule has 0 aromatic heterocycles. The molecular weight excluding hydrogens is 297 g/mol. The van der Waals surface area contributed by atoms with E-state index < -0.39 is 41.4 Å². The summed E-state index contributed by atoms with van der Waals surface area (Å²) in [7, 11) is 0. The molecule has 0 aliphatic carbocycles. The van der Waals surface area contributed by atoms with Gasteiger partial charge in [-0.1, -0.05) is 18.2 Å². The van der Waals surface area contributed by atoms with Crippen molar-refractivity contribution in [2.24, 2.45) is 5.73 Å². The number of alkyl halides is 2. The van der Waals surface area contributed by atoms with Crippen molar-refractivity contribution in [1.82, 2.24) is 5.32 Å². The SMILES string of the molecule is C[C@@H](N)c1cccc(C(F)(F)CCC(C)(C)NC(=O)O)c1F. The Morgan fingerprint density at radius 2 is 1.95 bits per heavy atom. The fourth-order valence-electron chi connectivity index (χ4n) is 2.14. The van der Waals surface area contributed by atoms with Gasteiger partial charge in [0.05, 0.1) is 5.56 Å². The number of carboxylic acid groups (broad SMARTS) is 1. The van der Waals surface area contributed by atoms with Gasteiger partial charge in [0.25, 0.3) is 5.92 Å². The number of halogens is 3. The normalized spacial score (nSPS) is 13.8. The zero-order chi connectivity index (χ0) is 17.1. The van der Waals surface area contributed by atoms with Gasteiger partial charge in [0.1, 0.15) is 5.82 Å². The Labute approximate surface area is 127 Å². The molecule has 1 aromatic carbocycles. The molecule has 4 nitrogen and oxygen atoms in total. The van der Waals surface area contributed by atoms with Gasteiger partial charge in [0.15, 0.2) is 0 Å². The van der Waals surface area contributed by atoms with E-state index in [1.165, 1.54) is 32.9 Å². The average Bonchev–Trinajstić information content (AvgIpc) is 2.35. The quantitative estimate of drug-likeness (QED) is 0.747. The van der Waals surface area contributed by atoms with Crippen LogP contribution in [0.3, 0.4) is 0 Å². The van der Waals surface area contributed by atoms with E-state index >= 15 is 0 Å². The monoisotopic (exact) mass is 318 g/mol. The predicted octanol–water partition coefficient (Wildman–Crippen LogP) is 3.76. The molecule has 0 bridgehead atoms. The van der Waals surface area contributed by atoms with E-state index in [9.17, 15) is 18.0 Å². The highest BCUT2D eigenvalue weighted by Crippen LogP contribution is 2.37. The summed E-state index contributed by atoms with van der Waals surface area (Å²) < 4.78 is 42.7. The zero-order valence-electron chi connectivity index (χ0n) is 12.8. The van der Waals surface area contributed by atoms with Gasteiger partial charge in [-0.05, 0) is 27.2 Å². The van der Waals surface area contributed by atoms with Gasteiger partial charge in [-0.25, -0.2) is 18.0 Å². The average molecular weight is 318 g/mol. The molecule has 4 N–H and O–H groups in total. The lowest BCUT2D eigenvalue weighted by molar-refractivity contribution is -0.0242. The minimum Gasteiger partial charge on any atom is -0.465 e. The van der Waals surface area contributed by atoms with Crippen LogP contribution in [0.2, 0.25) is 0 Å². The number of rotatable bonds is 6. The standard InChI is InChI=1S/C15H21F3N2O2/c1-9(19)10-5-4-6-11(12(10)16)15(17,18)8-7-14(2,3)20-13(21)22/h4-6,9,20H,7-8,19H2,1-3H3,(H,21,22)/t9-/m1/s1. The maximum atomic E-state index is 14.3. The van der Waals surface area contributed by atoms with Gasteiger partial charge in [0, 0.05) is 23.6 Å². The molecule has 0 heterocycles. The second-order valence-corrected chi connectivity index (χ2v) is 6.02. The molecule has 1 rings (SSSR count). The molecule has 1 atom stereocenters. The summed E-state index contributed by atoms with van der Waals surface area (Å²) in [5.74, 6) is -4.42. The lowest BCUT2D eigenvalue weighted by Crippen LogP contribution is -2.43. The van der Waals surface area contributed by atoms with Crippen LogP contribution in [0.25, 0.3) is 0 Å². The summed E-state index contributed by atoms with van der Waals surface area (Å²) in [5.41, 5.74) is 3.84. The summed E-state index contributed by atoms with van der Waals surface area (Å²) in [5, 5.41) is 10.8. The van der Waals surface area contributed by atoms with Crippen molar-refractivity contribution in [2.45, 2.75) is 51.1 Å². The third kappa shape index (κ3) is 4.62. The molecule has 0 unspecified atom stereocenters. The molecule has 0 saturated heterocycles. The number of hydrogen-bond donors (Lipinski definition) is 3. The van der Waals surface area contributed by atoms with Crippen molar-refractivity contribution in [3.63, 3.8) is 0 Å². The number of carbonyl (C=O) groups is 1. The van der Waals surface area contributed by atoms with Crippen LogP contribution < -0.4 is 11.1 Å². The van der Waals surface area contributed by atoms with Crippen LogP contribution >= 0.6 is 0 Å². The van der Waals surface area contributed by atoms with E-state index in [2.05, 4.69) is 5.32 Å². The van der Waals surface area contributed by atoms with Crippen LogP contribution in [-0.4, -0.2) is 16.7 Å². The van der Waals surface area contributed by atoms with Crippen molar-refractivity contribution in [2.75, 3.05) is 0 Å². The first kappa shape index (κ1) is 18.3. The van der Waals surface area contributed by atoms with Gasteiger partial charge in [-0.2, -0.15) is 0 Å². The van der Waals surface area contributed by atoms with Crippen molar-refractivity contribution < 1.29 is 23.1 Å². The van der Waals surface area contributed by atoms with Crippen LogP contribution in [0.15, 0.2) is 18.2 Å². The van der Waals surface area contributed by atoms with Crippen molar-refractivity contribution in [1.29, 1.82) is 0 Å². The number of amides is 1. The van der Waals surface area contributed by atoms with Crippen molar-refractivity contribution in [3.05, 3.63) is 35.1 Å². The number of hydrogen-bond acceptors (Lipinski definition) is 2. The van der Waals surface area contributed by atoms with Crippen LogP contribution in [-0.2, 0) is 5.92 Å². The molecule has 0 aliphatic heterocycles. The molecule has 1 aromatic rings. The Morgan fingerprint density at radius 1 is 1.36 bits per heavy atom. The van der Waals surface area contributed by atoms with E-state index in [4.69, 9.17) is 10.8 Å². The van der Waals surface area contributed by atoms with E-state index in [1.807, 2.05) is 0 Å². The second kappa shape index (κ2) is 6.56. The Bertz CT molecular complexity index is 546. The maximum Gasteiger partial charge on any atom is 0.405 e. The molecule has 22 heavy (non-hydrogen) atoms. The van der Waals surface area contributed by atoms with Crippen LogP contribution in [0, 0.1) is 5.82 Å². The predicted molar refractivity (Wildman–Crippen MR) is 77.4 cm³/mol. The molecule has 1 amide bonds. The first-order valence-electron chi connectivity index (χ1n) is 6.90. The van der Waals surface area contributed by atoms with E-state index in [1.54, 1.807) is 0 Å². The third-order valence-electron chi connectivity index (χ3n) is 3.42. The van der Waals surface area contributed by atoms with Gasteiger partial charge >= 0.3 is 6.09 Å². The molecule has 0 aliphatic rings. The Hall–Kier alpha value is -1.76. The summed E-state index contributed by atoms with van der Waals surface area (Å²) in [6.07, 6.45) is -2.12. The molecule has 0 fully saturated rings. The van der Waals surface area contributed by atoms with Crippen LogP contribution in [0.4, 0.5) is 18.0 Å². The summed E-state index contributed by atoms with van der Waals surface area (Å²) >= 11 is 0.